The van der Waals surface area contributed by atoms with Crippen LogP contribution in [-0.2, 0) is 35.9 Å². The van der Waals surface area contributed by atoms with Crippen LogP contribution in [0.2, 0.25) is 0 Å². The molecule has 2 aliphatic heterocycles. The summed E-state index contributed by atoms with van der Waals surface area (Å²) in [5.74, 6) is -0.623. The molecule has 0 bridgehead atoms. The number of carboxylic acids is 1. The number of anilines is 2. The molecule has 0 aromatic heterocycles. The van der Waals surface area contributed by atoms with Crippen molar-refractivity contribution in [3.8, 4) is 5.75 Å². The highest BCUT2D eigenvalue weighted by Crippen LogP contribution is 2.52. The number of nitrogens with zero attached hydrogens (tertiary/aromatic N) is 2. The van der Waals surface area contributed by atoms with Crippen LogP contribution in [0.15, 0.2) is 103 Å². The lowest BCUT2D eigenvalue weighted by molar-refractivity contribution is -0.137. The predicted molar refractivity (Wildman–Crippen MR) is 242 cm³/mol. The molecule has 2 heterocycles. The first-order chi connectivity index (χ1) is 28.4. The smallest absolute Gasteiger partial charge is 0.303 e. The Kier molecular flexibility index (Phi) is 13.8. The summed E-state index contributed by atoms with van der Waals surface area (Å²) >= 11 is 0. The summed E-state index contributed by atoms with van der Waals surface area (Å²) in [6.07, 6.45) is 14.6. The van der Waals surface area contributed by atoms with Crippen LogP contribution in [0.5, 0.6) is 5.75 Å². The number of unbranched alkanes of at least 4 members (excludes halogenated alkanes) is 4. The van der Waals surface area contributed by atoms with E-state index in [0.717, 1.165) is 57.4 Å². The number of carbonyl (C=O) groups is 1. The average Bonchev–Trinajstić information content (AvgIpc) is 3.53. The summed E-state index contributed by atoms with van der Waals surface area (Å²) in [6.45, 7) is 10.5. The predicted octanol–water partition coefficient (Wildman–Crippen LogP) is 9.61. The summed E-state index contributed by atoms with van der Waals surface area (Å²) < 4.78 is 71.0. The van der Waals surface area contributed by atoms with Gasteiger partial charge in [-0.1, -0.05) is 94.5 Å². The van der Waals surface area contributed by atoms with Crippen molar-refractivity contribution < 1.29 is 40.6 Å². The first kappa shape index (κ1) is 44.9. The Morgan fingerprint density at radius 1 is 0.717 bits per heavy atom. The third-order valence-corrected chi connectivity index (χ3v) is 13.5. The van der Waals surface area contributed by atoms with E-state index >= 15 is 0 Å². The number of rotatable bonds is 20. The van der Waals surface area contributed by atoms with E-state index in [9.17, 15) is 30.7 Å². The summed E-state index contributed by atoms with van der Waals surface area (Å²) in [6, 6.07) is 22.9. The summed E-state index contributed by atoms with van der Waals surface area (Å²) in [5.41, 5.74) is 4.87. The van der Waals surface area contributed by atoms with Crippen LogP contribution in [0, 0.1) is 0 Å². The zero-order valence-corrected chi connectivity index (χ0v) is 36.6. The van der Waals surface area contributed by atoms with Gasteiger partial charge in [-0.15, -0.1) is 0 Å². The second-order valence-corrected chi connectivity index (χ2v) is 20.2. The minimum atomic E-state index is -4.08. The number of benzene rings is 4. The van der Waals surface area contributed by atoms with E-state index < -0.39 is 31.6 Å². The van der Waals surface area contributed by atoms with Crippen LogP contribution in [-0.4, -0.2) is 74.3 Å². The summed E-state index contributed by atoms with van der Waals surface area (Å²) in [5, 5.41) is 13.4. The minimum Gasteiger partial charge on any atom is -0.494 e. The van der Waals surface area contributed by atoms with Crippen LogP contribution in [0.4, 0.5) is 11.4 Å². The van der Waals surface area contributed by atoms with Gasteiger partial charge >= 0.3 is 5.97 Å². The third kappa shape index (κ3) is 10.4. The van der Waals surface area contributed by atoms with Gasteiger partial charge < -0.3 is 19.6 Å². The van der Waals surface area contributed by atoms with Crippen molar-refractivity contribution in [3.63, 3.8) is 0 Å². The molecule has 1 unspecified atom stereocenters. The standard InChI is InChI=1S/C47H58N2O9S2/c1-46(2)41(48(28-12-15-31-59(52,53)54)39-26-23-34-17-10-11-18-37(34)44(39)46)19-7-5-8-20-42-47(3,4)45-38-33-36(58-30-14-6-9-21-43(50)51)25-22-35(38)24-27-40(45)49(42)29-13-16-32-60(55,56)57/h5,7-8,10-11,17-20,22-27,33,41H,6,9,12-16,21,28-32H2,1-4H3,(H,50,51)(H,52,53,54)(H,55,56,57). The Labute approximate surface area is 354 Å². The van der Waals surface area contributed by atoms with Gasteiger partial charge in [-0.3, -0.25) is 13.9 Å². The molecule has 6 rings (SSSR count). The molecule has 0 amide bonds. The van der Waals surface area contributed by atoms with Gasteiger partial charge in [0.1, 0.15) is 5.75 Å². The third-order valence-electron chi connectivity index (χ3n) is 11.9. The maximum Gasteiger partial charge on any atom is 0.303 e. The van der Waals surface area contributed by atoms with Gasteiger partial charge in [0.05, 0.1) is 24.2 Å². The fraction of sp³-hybridized carbons (Fsp3) is 0.426. The summed E-state index contributed by atoms with van der Waals surface area (Å²) in [4.78, 5) is 15.5. The second-order valence-electron chi connectivity index (χ2n) is 17.0. The number of carboxylic acid groups (broad SMARTS) is 1. The van der Waals surface area contributed by atoms with Crippen molar-refractivity contribution in [3.05, 3.63) is 114 Å². The highest BCUT2D eigenvalue weighted by atomic mass is 32.2. The van der Waals surface area contributed by atoms with Gasteiger partial charge in [0.15, 0.2) is 0 Å². The lowest BCUT2D eigenvalue weighted by Gasteiger charge is -2.32. The molecule has 0 aliphatic carbocycles. The topological polar surface area (TPSA) is 162 Å². The second kappa shape index (κ2) is 18.5. The molecule has 0 radical (unpaired) electrons. The van der Waals surface area contributed by atoms with Crippen LogP contribution in [0.3, 0.4) is 0 Å². The Hall–Kier alpha value is -4.69. The first-order valence-corrected chi connectivity index (χ1v) is 24.0. The summed E-state index contributed by atoms with van der Waals surface area (Å²) in [7, 11) is -8.12. The van der Waals surface area contributed by atoms with Crippen molar-refractivity contribution in [1.82, 2.24) is 0 Å². The lowest BCUT2D eigenvalue weighted by atomic mass is 9.78. The Balaban J connectivity index is 1.28. The fourth-order valence-electron chi connectivity index (χ4n) is 9.11. The van der Waals surface area contributed by atoms with Gasteiger partial charge in [-0.25, -0.2) is 0 Å². The van der Waals surface area contributed by atoms with E-state index in [0.29, 0.717) is 51.8 Å². The number of hydrogen-bond donors (Lipinski definition) is 3. The van der Waals surface area contributed by atoms with Crippen molar-refractivity contribution in [2.24, 2.45) is 0 Å². The SMILES string of the molecule is CC1(C)C(=CC=CC=CC2N(CCCCS(=O)(=O)O)c3ccc4ccccc4c3C2(C)C)N(CCCCS(=O)(=O)O)c2ccc3ccc(OCCCCCC(=O)O)cc3c21. The number of allylic oxidation sites excluding steroid dienone is 5. The quantitative estimate of drug-likeness (QED) is 0.0441. The van der Waals surface area contributed by atoms with E-state index in [1.807, 2.05) is 24.3 Å². The number of aliphatic carboxylic acids is 1. The average molecular weight is 859 g/mol. The van der Waals surface area contributed by atoms with Gasteiger partial charge in [0.25, 0.3) is 20.2 Å². The lowest BCUT2D eigenvalue weighted by Crippen LogP contribution is -2.40. The molecule has 322 valence electrons. The molecule has 0 saturated carbocycles. The Morgan fingerprint density at radius 2 is 1.37 bits per heavy atom. The molecular formula is C47H58N2O9S2. The van der Waals surface area contributed by atoms with Gasteiger partial charge in [0.2, 0.25) is 0 Å². The molecule has 2 aliphatic rings. The van der Waals surface area contributed by atoms with E-state index in [1.54, 1.807) is 0 Å². The maximum atomic E-state index is 11.6. The van der Waals surface area contributed by atoms with Gasteiger partial charge in [-0.05, 0) is 108 Å². The molecule has 0 fully saturated rings. The fourth-order valence-corrected chi connectivity index (χ4v) is 10.2. The molecule has 13 heteroatoms. The molecule has 4 aromatic carbocycles. The zero-order valence-electron chi connectivity index (χ0n) is 35.0. The maximum absolute atomic E-state index is 11.6. The molecule has 3 N–H and O–H groups in total. The largest absolute Gasteiger partial charge is 0.494 e. The Morgan fingerprint density at radius 3 is 2.07 bits per heavy atom. The molecule has 11 nitrogen and oxygen atoms in total. The molecular weight excluding hydrogens is 801 g/mol. The normalized spacial score (nSPS) is 18.0. The van der Waals surface area contributed by atoms with Gasteiger partial charge in [0, 0.05) is 47.4 Å². The number of fused-ring (bicyclic) bond motifs is 6. The van der Waals surface area contributed by atoms with E-state index in [2.05, 4.69) is 110 Å². The van der Waals surface area contributed by atoms with Crippen LogP contribution >= 0.6 is 0 Å². The molecule has 0 spiro atoms. The van der Waals surface area contributed by atoms with E-state index in [1.165, 1.54) is 10.9 Å². The Bertz CT molecular complexity index is 2520. The molecule has 4 aromatic rings. The van der Waals surface area contributed by atoms with Gasteiger partial charge in [-0.2, -0.15) is 16.8 Å². The van der Waals surface area contributed by atoms with Crippen LogP contribution < -0.4 is 14.5 Å². The monoisotopic (exact) mass is 858 g/mol. The highest BCUT2D eigenvalue weighted by Gasteiger charge is 2.44. The van der Waals surface area contributed by atoms with Crippen LogP contribution in [0.25, 0.3) is 21.5 Å². The molecule has 60 heavy (non-hydrogen) atoms. The van der Waals surface area contributed by atoms with Crippen molar-refractivity contribution >= 4 is 59.1 Å². The van der Waals surface area contributed by atoms with E-state index in [-0.39, 0.29) is 29.4 Å². The number of hydrogen-bond acceptors (Lipinski definition) is 8. The van der Waals surface area contributed by atoms with Crippen molar-refractivity contribution in [2.75, 3.05) is 41.0 Å². The van der Waals surface area contributed by atoms with Crippen molar-refractivity contribution in [2.45, 2.75) is 95.9 Å². The minimum absolute atomic E-state index is 0.0275. The number of ether oxygens (including phenoxy) is 1. The molecule has 0 saturated heterocycles. The highest BCUT2D eigenvalue weighted by molar-refractivity contribution is 7.86. The molecule has 1 atom stereocenters. The zero-order chi connectivity index (χ0) is 43.3. The van der Waals surface area contributed by atoms with Crippen LogP contribution in [0.1, 0.15) is 90.2 Å². The first-order valence-electron chi connectivity index (χ1n) is 20.8. The van der Waals surface area contributed by atoms with Crippen molar-refractivity contribution in [1.29, 1.82) is 0 Å². The van der Waals surface area contributed by atoms with E-state index in [4.69, 9.17) is 9.84 Å².